The summed E-state index contributed by atoms with van der Waals surface area (Å²) < 4.78 is 50.3. The highest BCUT2D eigenvalue weighted by Crippen LogP contribution is 2.24. The fraction of sp³-hybridized carbons (Fsp3) is 0.435. The minimum atomic E-state index is -3.44. The van der Waals surface area contributed by atoms with E-state index in [1.165, 1.54) is 16.4 Å². The summed E-state index contributed by atoms with van der Waals surface area (Å²) in [7, 11) is -6.70. The average molecular weight is 479 g/mol. The number of rotatable bonds is 7. The van der Waals surface area contributed by atoms with Crippen molar-refractivity contribution in [3.8, 4) is 0 Å². The number of piperidine rings is 1. The Bertz CT molecular complexity index is 1170. The van der Waals surface area contributed by atoms with Crippen LogP contribution in [-0.2, 0) is 30.4 Å². The minimum Gasteiger partial charge on any atom is -0.349 e. The van der Waals surface area contributed by atoms with E-state index in [4.69, 9.17) is 0 Å². The predicted octanol–water partition coefficient (Wildman–Crippen LogP) is 2.82. The van der Waals surface area contributed by atoms with Crippen LogP contribution in [-0.4, -0.2) is 46.4 Å². The molecule has 0 spiro atoms. The van der Waals surface area contributed by atoms with Gasteiger partial charge in [-0.2, -0.15) is 0 Å². The number of sulfone groups is 1. The summed E-state index contributed by atoms with van der Waals surface area (Å²) in [5, 5.41) is 2.97. The number of benzene rings is 2. The first-order chi connectivity index (χ1) is 15.0. The number of hydrogen-bond donors (Lipinski definition) is 1. The molecule has 1 aliphatic heterocycles. The Hall–Kier alpha value is -2.23. The van der Waals surface area contributed by atoms with E-state index in [2.05, 4.69) is 5.32 Å². The van der Waals surface area contributed by atoms with E-state index in [-0.39, 0.29) is 28.5 Å². The summed E-state index contributed by atoms with van der Waals surface area (Å²) in [6.45, 7) is 4.39. The Kier molecular flexibility index (Phi) is 7.42. The van der Waals surface area contributed by atoms with Gasteiger partial charge in [0.1, 0.15) is 0 Å². The number of nitrogens with one attached hydrogen (secondary N) is 1. The summed E-state index contributed by atoms with van der Waals surface area (Å²) in [4.78, 5) is 13.0. The van der Waals surface area contributed by atoms with Crippen molar-refractivity contribution in [1.29, 1.82) is 0 Å². The van der Waals surface area contributed by atoms with Crippen LogP contribution in [0, 0.1) is 12.8 Å². The van der Waals surface area contributed by atoms with Gasteiger partial charge >= 0.3 is 0 Å². The lowest BCUT2D eigenvalue weighted by atomic mass is 9.96. The molecule has 0 radical (unpaired) electrons. The summed E-state index contributed by atoms with van der Waals surface area (Å²) in [5.74, 6) is -0.393. The third kappa shape index (κ3) is 5.96. The van der Waals surface area contributed by atoms with Crippen molar-refractivity contribution in [1.82, 2.24) is 9.62 Å². The van der Waals surface area contributed by atoms with Gasteiger partial charge in [-0.1, -0.05) is 36.4 Å². The first kappa shape index (κ1) is 24.4. The van der Waals surface area contributed by atoms with Gasteiger partial charge in [-0.3, -0.25) is 4.79 Å². The SMILES string of the molecule is Cc1ccccc1CS(=O)(=O)N1CCC(C(=O)NC(C)c2ccc(S(C)(=O)=O)cc2)CC1. The van der Waals surface area contributed by atoms with Crippen LogP contribution in [0.15, 0.2) is 53.4 Å². The zero-order chi connectivity index (χ0) is 23.5. The number of hydrogen-bond acceptors (Lipinski definition) is 5. The zero-order valence-electron chi connectivity index (χ0n) is 18.6. The van der Waals surface area contributed by atoms with Crippen molar-refractivity contribution in [2.75, 3.05) is 19.3 Å². The highest BCUT2D eigenvalue weighted by Gasteiger charge is 2.31. The molecule has 0 saturated carbocycles. The maximum Gasteiger partial charge on any atom is 0.223 e. The standard InChI is InChI=1S/C23H30N2O5S2/c1-17-6-4-5-7-21(17)16-32(29,30)25-14-12-20(13-15-25)23(26)24-18(2)19-8-10-22(11-9-19)31(3,27)28/h4-11,18,20H,12-16H2,1-3H3,(H,24,26). The quantitative estimate of drug-likeness (QED) is 0.660. The number of amides is 1. The van der Waals surface area contributed by atoms with Gasteiger partial charge < -0.3 is 5.32 Å². The van der Waals surface area contributed by atoms with E-state index in [1.807, 2.05) is 38.1 Å². The van der Waals surface area contributed by atoms with Crippen LogP contribution in [0.4, 0.5) is 0 Å². The fourth-order valence-electron chi connectivity index (χ4n) is 3.87. The number of carbonyl (C=O) groups excluding carboxylic acids is 1. The van der Waals surface area contributed by atoms with Gasteiger partial charge in [-0.15, -0.1) is 0 Å². The predicted molar refractivity (Wildman–Crippen MR) is 124 cm³/mol. The maximum atomic E-state index is 12.8. The Morgan fingerprint density at radius 2 is 1.62 bits per heavy atom. The lowest BCUT2D eigenvalue weighted by Gasteiger charge is -2.31. The molecule has 0 aliphatic carbocycles. The second-order valence-electron chi connectivity index (χ2n) is 8.43. The summed E-state index contributed by atoms with van der Waals surface area (Å²) in [6.07, 6.45) is 2.10. The largest absolute Gasteiger partial charge is 0.349 e. The second-order valence-corrected chi connectivity index (χ2v) is 12.4. The van der Waals surface area contributed by atoms with E-state index >= 15 is 0 Å². The smallest absolute Gasteiger partial charge is 0.223 e. The van der Waals surface area contributed by atoms with Crippen LogP contribution < -0.4 is 5.32 Å². The van der Waals surface area contributed by atoms with Crippen LogP contribution in [0.2, 0.25) is 0 Å². The van der Waals surface area contributed by atoms with Gasteiger partial charge in [0.15, 0.2) is 9.84 Å². The lowest BCUT2D eigenvalue weighted by Crippen LogP contribution is -2.43. The molecular formula is C23H30N2O5S2. The molecule has 0 aromatic heterocycles. The molecule has 7 nitrogen and oxygen atoms in total. The highest BCUT2D eigenvalue weighted by molar-refractivity contribution is 7.90. The third-order valence-corrected chi connectivity index (χ3v) is 8.94. The van der Waals surface area contributed by atoms with Gasteiger partial charge in [0, 0.05) is 25.3 Å². The molecule has 1 aliphatic rings. The molecule has 1 atom stereocenters. The summed E-state index contributed by atoms with van der Waals surface area (Å²) >= 11 is 0. The molecule has 1 N–H and O–H groups in total. The van der Waals surface area contributed by atoms with Crippen LogP contribution in [0.5, 0.6) is 0 Å². The lowest BCUT2D eigenvalue weighted by molar-refractivity contribution is -0.126. The van der Waals surface area contributed by atoms with Crippen molar-refractivity contribution >= 4 is 25.8 Å². The molecule has 2 aromatic rings. The number of carbonyl (C=O) groups is 1. The van der Waals surface area contributed by atoms with Crippen molar-refractivity contribution in [3.05, 3.63) is 65.2 Å². The molecular weight excluding hydrogens is 448 g/mol. The zero-order valence-corrected chi connectivity index (χ0v) is 20.2. The molecule has 1 unspecified atom stereocenters. The Balaban J connectivity index is 1.55. The van der Waals surface area contributed by atoms with E-state index < -0.39 is 19.9 Å². The van der Waals surface area contributed by atoms with Crippen molar-refractivity contribution in [3.63, 3.8) is 0 Å². The fourth-order valence-corrected chi connectivity index (χ4v) is 6.17. The van der Waals surface area contributed by atoms with E-state index in [1.54, 1.807) is 12.1 Å². The summed E-state index contributed by atoms with van der Waals surface area (Å²) in [5.41, 5.74) is 2.55. The van der Waals surface area contributed by atoms with Gasteiger partial charge in [0.25, 0.3) is 0 Å². The average Bonchev–Trinajstić information content (AvgIpc) is 2.75. The Labute approximate surface area is 190 Å². The molecule has 9 heteroatoms. The molecule has 1 amide bonds. The Morgan fingerprint density at radius 3 is 2.19 bits per heavy atom. The first-order valence-corrected chi connectivity index (χ1v) is 14.1. The van der Waals surface area contributed by atoms with Crippen molar-refractivity contribution < 1.29 is 21.6 Å². The molecule has 3 rings (SSSR count). The molecule has 32 heavy (non-hydrogen) atoms. The van der Waals surface area contributed by atoms with Crippen LogP contribution in [0.25, 0.3) is 0 Å². The first-order valence-electron chi connectivity index (χ1n) is 10.6. The van der Waals surface area contributed by atoms with Gasteiger partial charge in [0.2, 0.25) is 15.9 Å². The third-order valence-electron chi connectivity index (χ3n) is 5.98. The van der Waals surface area contributed by atoms with Crippen LogP contribution in [0.3, 0.4) is 0 Å². The van der Waals surface area contributed by atoms with Gasteiger partial charge in [-0.05, 0) is 55.5 Å². The van der Waals surface area contributed by atoms with Crippen LogP contribution >= 0.6 is 0 Å². The number of sulfonamides is 1. The van der Waals surface area contributed by atoms with Crippen molar-refractivity contribution in [2.24, 2.45) is 5.92 Å². The number of nitrogens with zero attached hydrogens (tertiary/aromatic N) is 1. The molecule has 1 heterocycles. The topological polar surface area (TPSA) is 101 Å². The van der Waals surface area contributed by atoms with E-state index in [0.717, 1.165) is 22.9 Å². The summed E-state index contributed by atoms with van der Waals surface area (Å²) in [6, 6.07) is 13.6. The maximum absolute atomic E-state index is 12.8. The Morgan fingerprint density at radius 1 is 1.03 bits per heavy atom. The molecule has 0 bridgehead atoms. The molecule has 174 valence electrons. The molecule has 1 saturated heterocycles. The molecule has 1 fully saturated rings. The minimum absolute atomic E-state index is 0.0307. The molecule has 2 aromatic carbocycles. The second kappa shape index (κ2) is 9.72. The van der Waals surface area contributed by atoms with Crippen LogP contribution in [0.1, 0.15) is 42.5 Å². The van der Waals surface area contributed by atoms with E-state index in [0.29, 0.717) is 25.9 Å². The van der Waals surface area contributed by atoms with Crippen molar-refractivity contribution in [2.45, 2.75) is 43.4 Å². The monoisotopic (exact) mass is 478 g/mol. The van der Waals surface area contributed by atoms with Gasteiger partial charge in [-0.25, -0.2) is 21.1 Å². The number of aryl methyl sites for hydroxylation is 1. The van der Waals surface area contributed by atoms with E-state index in [9.17, 15) is 21.6 Å². The normalized spacial score (nSPS) is 17.1. The van der Waals surface area contributed by atoms with Gasteiger partial charge in [0.05, 0.1) is 16.7 Å². The highest BCUT2D eigenvalue weighted by atomic mass is 32.2.